The van der Waals surface area contributed by atoms with E-state index < -0.39 is 30.4 Å². The quantitative estimate of drug-likeness (QED) is 0.551. The Morgan fingerprint density at radius 1 is 1.21 bits per heavy atom. The Kier molecular flexibility index (Phi) is 6.11. The lowest BCUT2D eigenvalue weighted by molar-refractivity contribution is -0.140. The Labute approximate surface area is 111 Å². The summed E-state index contributed by atoms with van der Waals surface area (Å²) in [6.45, 7) is 0.536. The zero-order chi connectivity index (χ0) is 14.3. The summed E-state index contributed by atoms with van der Waals surface area (Å²) in [4.78, 5) is 33.1. The molecule has 1 aliphatic carbocycles. The summed E-state index contributed by atoms with van der Waals surface area (Å²) in [5, 5.41) is 13.7. The molecule has 7 nitrogen and oxygen atoms in total. The Bertz CT molecular complexity index is 340. The molecule has 0 bridgehead atoms. The first-order chi connectivity index (χ1) is 8.99. The van der Waals surface area contributed by atoms with Crippen molar-refractivity contribution in [1.82, 2.24) is 10.6 Å². The van der Waals surface area contributed by atoms with Crippen LogP contribution >= 0.6 is 0 Å². The second-order valence-corrected chi connectivity index (χ2v) is 4.92. The normalized spacial score (nSPS) is 17.5. The van der Waals surface area contributed by atoms with Crippen molar-refractivity contribution in [2.45, 2.75) is 44.6 Å². The standard InChI is InChI=1S/C12H21N3O4/c13-10(16)6-9(11(17)18)15-12(19)14-7-8-4-2-1-3-5-8/h8-9H,1-7H2,(H2,13,16)(H,17,18)(H2,14,15,19)/t9-/m0/s1. The Hall–Kier alpha value is -1.79. The third kappa shape index (κ3) is 6.08. The summed E-state index contributed by atoms with van der Waals surface area (Å²) < 4.78 is 0. The fourth-order valence-electron chi connectivity index (χ4n) is 2.24. The van der Waals surface area contributed by atoms with Gasteiger partial charge in [0.1, 0.15) is 6.04 Å². The highest BCUT2D eigenvalue weighted by Gasteiger charge is 2.22. The lowest BCUT2D eigenvalue weighted by atomic mass is 9.89. The molecule has 1 aliphatic rings. The maximum absolute atomic E-state index is 11.5. The summed E-state index contributed by atoms with van der Waals surface area (Å²) in [7, 11) is 0. The first kappa shape index (κ1) is 15.3. The first-order valence-corrected chi connectivity index (χ1v) is 6.54. The molecule has 0 spiro atoms. The molecule has 0 aromatic heterocycles. The number of carbonyl (C=O) groups excluding carboxylic acids is 2. The van der Waals surface area contributed by atoms with E-state index in [9.17, 15) is 14.4 Å². The molecule has 1 rings (SSSR count). The van der Waals surface area contributed by atoms with Gasteiger partial charge in [0.2, 0.25) is 5.91 Å². The van der Waals surface area contributed by atoms with Crippen LogP contribution in [0.2, 0.25) is 0 Å². The molecule has 0 radical (unpaired) electrons. The summed E-state index contributed by atoms with van der Waals surface area (Å²) in [6.07, 6.45) is 5.35. The molecule has 0 aromatic carbocycles. The molecule has 3 amide bonds. The minimum Gasteiger partial charge on any atom is -0.480 e. The van der Waals surface area contributed by atoms with Gasteiger partial charge in [-0.25, -0.2) is 9.59 Å². The number of hydrogen-bond donors (Lipinski definition) is 4. The molecular formula is C12H21N3O4. The Balaban J connectivity index is 2.31. The molecule has 5 N–H and O–H groups in total. The molecule has 7 heteroatoms. The van der Waals surface area contributed by atoms with Crippen molar-refractivity contribution in [1.29, 1.82) is 0 Å². The predicted octanol–water partition coefficient (Wildman–Crippen LogP) is 0.194. The lowest BCUT2D eigenvalue weighted by Crippen LogP contribution is -2.48. The van der Waals surface area contributed by atoms with Gasteiger partial charge in [-0.05, 0) is 18.8 Å². The van der Waals surface area contributed by atoms with Gasteiger partial charge in [-0.2, -0.15) is 0 Å². The van der Waals surface area contributed by atoms with Crippen LogP contribution in [0.25, 0.3) is 0 Å². The number of carbonyl (C=O) groups is 3. The molecule has 1 saturated carbocycles. The molecule has 19 heavy (non-hydrogen) atoms. The predicted molar refractivity (Wildman–Crippen MR) is 68.3 cm³/mol. The van der Waals surface area contributed by atoms with Gasteiger partial charge in [-0.1, -0.05) is 19.3 Å². The van der Waals surface area contributed by atoms with E-state index in [0.717, 1.165) is 12.8 Å². The number of primary amides is 1. The summed E-state index contributed by atoms with van der Waals surface area (Å²) in [5.41, 5.74) is 4.92. The highest BCUT2D eigenvalue weighted by atomic mass is 16.4. The summed E-state index contributed by atoms with van der Waals surface area (Å²) in [6, 6.07) is -1.84. The number of aliphatic carboxylic acids is 1. The second kappa shape index (κ2) is 7.60. The number of rotatable bonds is 6. The fraction of sp³-hybridized carbons (Fsp3) is 0.750. The first-order valence-electron chi connectivity index (χ1n) is 6.54. The third-order valence-electron chi connectivity index (χ3n) is 3.28. The third-order valence-corrected chi connectivity index (χ3v) is 3.28. The van der Waals surface area contributed by atoms with Crippen LogP contribution in [0.4, 0.5) is 4.79 Å². The van der Waals surface area contributed by atoms with Crippen molar-refractivity contribution < 1.29 is 19.5 Å². The van der Waals surface area contributed by atoms with E-state index in [1.807, 2.05) is 0 Å². The molecule has 1 atom stereocenters. The van der Waals surface area contributed by atoms with E-state index in [-0.39, 0.29) is 0 Å². The van der Waals surface area contributed by atoms with Crippen LogP contribution in [-0.2, 0) is 9.59 Å². The molecule has 0 unspecified atom stereocenters. The van der Waals surface area contributed by atoms with Gasteiger partial charge in [0.15, 0.2) is 0 Å². The molecule has 0 saturated heterocycles. The number of nitrogens with two attached hydrogens (primary N) is 1. The van der Waals surface area contributed by atoms with Crippen LogP contribution in [0.5, 0.6) is 0 Å². The van der Waals surface area contributed by atoms with Crippen molar-refractivity contribution in [3.8, 4) is 0 Å². The van der Waals surface area contributed by atoms with Crippen LogP contribution in [-0.4, -0.2) is 35.6 Å². The highest BCUT2D eigenvalue weighted by Crippen LogP contribution is 2.22. The van der Waals surface area contributed by atoms with Gasteiger partial charge < -0.3 is 21.5 Å². The van der Waals surface area contributed by atoms with Gasteiger partial charge in [0.05, 0.1) is 6.42 Å². The maximum atomic E-state index is 11.5. The van der Waals surface area contributed by atoms with Crippen LogP contribution in [0, 0.1) is 5.92 Å². The zero-order valence-corrected chi connectivity index (χ0v) is 10.9. The van der Waals surface area contributed by atoms with Gasteiger partial charge in [-0.15, -0.1) is 0 Å². The number of carboxylic acid groups (broad SMARTS) is 1. The smallest absolute Gasteiger partial charge is 0.326 e. The average molecular weight is 271 g/mol. The number of nitrogens with one attached hydrogen (secondary N) is 2. The van der Waals surface area contributed by atoms with Gasteiger partial charge >= 0.3 is 12.0 Å². The van der Waals surface area contributed by atoms with E-state index in [0.29, 0.717) is 12.5 Å². The van der Waals surface area contributed by atoms with E-state index >= 15 is 0 Å². The van der Waals surface area contributed by atoms with Crippen molar-refractivity contribution >= 4 is 17.9 Å². The second-order valence-electron chi connectivity index (χ2n) is 4.92. The van der Waals surface area contributed by atoms with Crippen LogP contribution in [0.15, 0.2) is 0 Å². The number of hydrogen-bond acceptors (Lipinski definition) is 3. The summed E-state index contributed by atoms with van der Waals surface area (Å²) in [5.74, 6) is -1.58. The van der Waals surface area contributed by atoms with Crippen LogP contribution in [0.1, 0.15) is 38.5 Å². The average Bonchev–Trinajstić information content (AvgIpc) is 2.36. The fourth-order valence-corrected chi connectivity index (χ4v) is 2.24. The molecule has 1 fully saturated rings. The van der Waals surface area contributed by atoms with Crippen LogP contribution < -0.4 is 16.4 Å². The van der Waals surface area contributed by atoms with Crippen molar-refractivity contribution in [3.63, 3.8) is 0 Å². The van der Waals surface area contributed by atoms with Gasteiger partial charge in [-0.3, -0.25) is 4.79 Å². The number of carboxylic acids is 1. The molecule has 0 aromatic rings. The minimum absolute atomic E-state index is 0.411. The van der Waals surface area contributed by atoms with E-state index in [1.54, 1.807) is 0 Å². The van der Waals surface area contributed by atoms with Gasteiger partial charge in [0, 0.05) is 6.54 Å². The van der Waals surface area contributed by atoms with E-state index in [4.69, 9.17) is 10.8 Å². The van der Waals surface area contributed by atoms with Crippen molar-refractivity contribution in [2.75, 3.05) is 6.54 Å². The van der Waals surface area contributed by atoms with Crippen molar-refractivity contribution in [2.24, 2.45) is 11.7 Å². The molecule has 0 heterocycles. The molecular weight excluding hydrogens is 250 g/mol. The molecule has 0 aliphatic heterocycles. The van der Waals surface area contributed by atoms with Crippen LogP contribution in [0.3, 0.4) is 0 Å². The highest BCUT2D eigenvalue weighted by molar-refractivity contribution is 5.87. The Morgan fingerprint density at radius 2 is 1.84 bits per heavy atom. The lowest BCUT2D eigenvalue weighted by Gasteiger charge is -2.22. The monoisotopic (exact) mass is 271 g/mol. The van der Waals surface area contributed by atoms with E-state index in [1.165, 1.54) is 19.3 Å². The largest absolute Gasteiger partial charge is 0.480 e. The van der Waals surface area contributed by atoms with Gasteiger partial charge in [0.25, 0.3) is 0 Å². The Morgan fingerprint density at radius 3 is 2.37 bits per heavy atom. The topological polar surface area (TPSA) is 122 Å². The number of urea groups is 1. The minimum atomic E-state index is -1.27. The SMILES string of the molecule is NC(=O)C[C@H](NC(=O)NCC1CCCCC1)C(=O)O. The molecule has 108 valence electrons. The van der Waals surface area contributed by atoms with Crippen molar-refractivity contribution in [3.05, 3.63) is 0 Å². The maximum Gasteiger partial charge on any atom is 0.326 e. The summed E-state index contributed by atoms with van der Waals surface area (Å²) >= 11 is 0. The van der Waals surface area contributed by atoms with E-state index in [2.05, 4.69) is 10.6 Å². The number of amides is 3. The zero-order valence-electron chi connectivity index (χ0n) is 10.9.